The number of carboxylic acids is 1. The molecule has 116 valence electrons. The number of carbonyl (C=O) groups is 2. The van der Waals surface area contributed by atoms with Crippen LogP contribution in [-0.2, 0) is 4.79 Å². The van der Waals surface area contributed by atoms with Gasteiger partial charge in [-0.3, -0.25) is 9.69 Å². The van der Waals surface area contributed by atoms with Crippen molar-refractivity contribution in [3.05, 3.63) is 30.1 Å². The minimum atomic E-state index is -1.09. The Bertz CT molecular complexity index is 526. The zero-order valence-corrected chi connectivity index (χ0v) is 12.8. The maximum atomic E-state index is 13.3. The molecule has 1 aromatic rings. The van der Waals surface area contributed by atoms with Gasteiger partial charge >= 0.3 is 12.0 Å². The van der Waals surface area contributed by atoms with Gasteiger partial charge in [0, 0.05) is 17.8 Å². The Balaban J connectivity index is 3.13. The molecule has 2 amide bonds. The molecule has 0 bridgehead atoms. The van der Waals surface area contributed by atoms with Crippen LogP contribution in [0.4, 0.5) is 14.9 Å². The van der Waals surface area contributed by atoms with Crippen LogP contribution in [0.1, 0.15) is 27.7 Å². The van der Waals surface area contributed by atoms with E-state index in [1.165, 1.54) is 28.0 Å². The van der Waals surface area contributed by atoms with Gasteiger partial charge in [-0.1, -0.05) is 6.07 Å². The summed E-state index contributed by atoms with van der Waals surface area (Å²) in [6.07, 6.45) is 0. The lowest BCUT2D eigenvalue weighted by molar-refractivity contribution is -0.138. The Morgan fingerprint density at radius 1 is 1.29 bits per heavy atom. The highest BCUT2D eigenvalue weighted by Crippen LogP contribution is 2.21. The monoisotopic (exact) mass is 296 g/mol. The Morgan fingerprint density at radius 2 is 1.90 bits per heavy atom. The first-order chi connectivity index (χ1) is 9.66. The zero-order chi connectivity index (χ0) is 16.2. The average Bonchev–Trinajstić information content (AvgIpc) is 2.35. The fraction of sp³-hybridized carbons (Fsp3) is 0.467. The summed E-state index contributed by atoms with van der Waals surface area (Å²) in [6.45, 7) is 6.93. The van der Waals surface area contributed by atoms with Gasteiger partial charge in [0.15, 0.2) is 0 Å². The molecule has 0 atom stereocenters. The highest BCUT2D eigenvalue weighted by atomic mass is 19.1. The summed E-state index contributed by atoms with van der Waals surface area (Å²) in [5.41, 5.74) is -0.252. The second kappa shape index (κ2) is 6.56. The Morgan fingerprint density at radius 3 is 2.33 bits per heavy atom. The van der Waals surface area contributed by atoms with Crippen LogP contribution in [-0.4, -0.2) is 40.6 Å². The molecular formula is C15H21FN2O3. The number of hydrogen-bond donors (Lipinski definition) is 1. The summed E-state index contributed by atoms with van der Waals surface area (Å²) in [6, 6.07) is 5.22. The van der Waals surface area contributed by atoms with Crippen LogP contribution >= 0.6 is 0 Å². The molecule has 0 saturated carbocycles. The lowest BCUT2D eigenvalue weighted by Crippen LogP contribution is -2.54. The van der Waals surface area contributed by atoms with Crippen LogP contribution in [0.3, 0.4) is 0 Å². The van der Waals surface area contributed by atoms with E-state index < -0.39 is 29.9 Å². The van der Waals surface area contributed by atoms with Crippen molar-refractivity contribution < 1.29 is 19.1 Å². The number of anilines is 1. The minimum absolute atomic E-state index is 0.314. The molecule has 6 heteroatoms. The maximum Gasteiger partial charge on any atom is 0.325 e. The minimum Gasteiger partial charge on any atom is -0.480 e. The highest BCUT2D eigenvalue weighted by molar-refractivity contribution is 5.94. The number of amides is 2. The molecule has 0 aliphatic rings. The molecule has 0 fully saturated rings. The Kier molecular flexibility index (Phi) is 5.29. The fourth-order valence-electron chi connectivity index (χ4n) is 1.94. The Hall–Kier alpha value is -2.11. The molecule has 0 aliphatic carbocycles. The smallest absolute Gasteiger partial charge is 0.325 e. The van der Waals surface area contributed by atoms with Gasteiger partial charge in [0.05, 0.1) is 0 Å². The van der Waals surface area contributed by atoms with Crippen LogP contribution in [0.5, 0.6) is 0 Å². The molecule has 0 unspecified atom stereocenters. The number of carboxylic acid groups (broad SMARTS) is 1. The lowest BCUT2D eigenvalue weighted by Gasteiger charge is -2.38. The summed E-state index contributed by atoms with van der Waals surface area (Å²) in [5, 5.41) is 8.99. The van der Waals surface area contributed by atoms with Gasteiger partial charge in [0.1, 0.15) is 12.4 Å². The van der Waals surface area contributed by atoms with Crippen molar-refractivity contribution in [2.24, 2.45) is 0 Å². The standard InChI is InChI=1S/C15H21FN2O3/c1-5-17(12-8-6-7-11(16)9-12)14(21)18(10-13(19)20)15(2,3)4/h6-9H,5,10H2,1-4H3,(H,19,20). The van der Waals surface area contributed by atoms with Crippen molar-refractivity contribution in [2.75, 3.05) is 18.0 Å². The summed E-state index contributed by atoms with van der Waals surface area (Å²) in [4.78, 5) is 26.2. The molecule has 0 aliphatic heterocycles. The average molecular weight is 296 g/mol. The van der Waals surface area contributed by atoms with Gasteiger partial charge < -0.3 is 10.0 Å². The molecule has 1 rings (SSSR count). The number of hydrogen-bond acceptors (Lipinski definition) is 2. The van der Waals surface area contributed by atoms with Crippen molar-refractivity contribution in [3.63, 3.8) is 0 Å². The van der Waals surface area contributed by atoms with Crippen LogP contribution < -0.4 is 4.90 Å². The summed E-state index contributed by atoms with van der Waals surface area (Å²) in [5.74, 6) is -1.53. The van der Waals surface area contributed by atoms with Crippen molar-refractivity contribution in [2.45, 2.75) is 33.2 Å². The topological polar surface area (TPSA) is 60.9 Å². The molecule has 1 N–H and O–H groups in total. The van der Waals surface area contributed by atoms with Gasteiger partial charge in [-0.15, -0.1) is 0 Å². The highest BCUT2D eigenvalue weighted by Gasteiger charge is 2.32. The predicted octanol–water partition coefficient (Wildman–Crippen LogP) is 2.96. The first kappa shape index (κ1) is 16.9. The summed E-state index contributed by atoms with van der Waals surface area (Å²) >= 11 is 0. The summed E-state index contributed by atoms with van der Waals surface area (Å²) in [7, 11) is 0. The molecule has 0 saturated heterocycles. The van der Waals surface area contributed by atoms with E-state index in [2.05, 4.69) is 0 Å². The largest absolute Gasteiger partial charge is 0.480 e. The van der Waals surface area contributed by atoms with Gasteiger partial charge in [0.25, 0.3) is 0 Å². The van der Waals surface area contributed by atoms with E-state index in [4.69, 9.17) is 5.11 Å². The lowest BCUT2D eigenvalue weighted by atomic mass is 10.1. The number of nitrogens with zero attached hydrogens (tertiary/aromatic N) is 2. The maximum absolute atomic E-state index is 13.3. The number of halogens is 1. The third-order valence-electron chi connectivity index (χ3n) is 3.00. The number of carbonyl (C=O) groups excluding carboxylic acids is 1. The predicted molar refractivity (Wildman–Crippen MR) is 78.9 cm³/mol. The van der Waals surface area contributed by atoms with Crippen molar-refractivity contribution in [3.8, 4) is 0 Å². The Labute approximate surface area is 124 Å². The quantitative estimate of drug-likeness (QED) is 0.929. The molecule has 0 heterocycles. The SMILES string of the molecule is CCN(C(=O)N(CC(=O)O)C(C)(C)C)c1cccc(F)c1. The number of aliphatic carboxylic acids is 1. The van der Waals surface area contributed by atoms with E-state index >= 15 is 0 Å². The molecular weight excluding hydrogens is 275 g/mol. The third-order valence-corrected chi connectivity index (χ3v) is 3.00. The van der Waals surface area contributed by atoms with E-state index in [1.54, 1.807) is 33.8 Å². The normalized spacial score (nSPS) is 11.1. The van der Waals surface area contributed by atoms with Gasteiger partial charge in [-0.2, -0.15) is 0 Å². The summed E-state index contributed by atoms with van der Waals surface area (Å²) < 4.78 is 13.3. The first-order valence-corrected chi connectivity index (χ1v) is 6.73. The van der Waals surface area contributed by atoms with Crippen LogP contribution in [0.15, 0.2) is 24.3 Å². The number of rotatable bonds is 4. The van der Waals surface area contributed by atoms with E-state index in [1.807, 2.05) is 0 Å². The van der Waals surface area contributed by atoms with E-state index in [0.717, 1.165) is 0 Å². The van der Waals surface area contributed by atoms with E-state index in [9.17, 15) is 14.0 Å². The second-order valence-corrected chi connectivity index (χ2v) is 5.66. The second-order valence-electron chi connectivity index (χ2n) is 5.66. The molecule has 0 aromatic heterocycles. The van der Waals surface area contributed by atoms with Gasteiger partial charge in [-0.25, -0.2) is 9.18 Å². The molecule has 21 heavy (non-hydrogen) atoms. The first-order valence-electron chi connectivity index (χ1n) is 6.73. The molecule has 5 nitrogen and oxygen atoms in total. The number of urea groups is 1. The van der Waals surface area contributed by atoms with Gasteiger partial charge in [-0.05, 0) is 45.9 Å². The molecule has 0 spiro atoms. The third kappa shape index (κ3) is 4.44. The van der Waals surface area contributed by atoms with Crippen LogP contribution in [0, 0.1) is 5.82 Å². The zero-order valence-electron chi connectivity index (χ0n) is 12.8. The van der Waals surface area contributed by atoms with E-state index in [0.29, 0.717) is 12.2 Å². The van der Waals surface area contributed by atoms with Gasteiger partial charge in [0.2, 0.25) is 0 Å². The van der Waals surface area contributed by atoms with Crippen molar-refractivity contribution in [1.82, 2.24) is 4.90 Å². The van der Waals surface area contributed by atoms with E-state index in [-0.39, 0.29) is 0 Å². The molecule has 1 aromatic carbocycles. The number of benzene rings is 1. The van der Waals surface area contributed by atoms with Crippen LogP contribution in [0.25, 0.3) is 0 Å². The fourth-order valence-corrected chi connectivity index (χ4v) is 1.94. The van der Waals surface area contributed by atoms with Crippen LogP contribution in [0.2, 0.25) is 0 Å². The van der Waals surface area contributed by atoms with Crippen molar-refractivity contribution >= 4 is 17.7 Å². The van der Waals surface area contributed by atoms with Crippen molar-refractivity contribution in [1.29, 1.82) is 0 Å². The molecule has 0 radical (unpaired) electrons.